The second kappa shape index (κ2) is 6.21. The van der Waals surface area contributed by atoms with Crippen molar-refractivity contribution in [2.24, 2.45) is 0 Å². The Labute approximate surface area is 143 Å². The van der Waals surface area contributed by atoms with E-state index in [0.717, 1.165) is 14.5 Å². The summed E-state index contributed by atoms with van der Waals surface area (Å²) in [4.78, 5) is 15.9. The number of hydrogen-bond donors (Lipinski definition) is 1. The molecule has 114 valence electrons. The van der Waals surface area contributed by atoms with Crippen molar-refractivity contribution in [1.82, 2.24) is 14.8 Å². The monoisotopic (exact) mass is 426 g/mol. The number of nitrogens with one attached hydrogen (secondary N) is 1. The van der Waals surface area contributed by atoms with Gasteiger partial charge in [-0.1, -0.05) is 12.7 Å². The lowest BCUT2D eigenvalue weighted by atomic mass is 10.0. The standard InChI is InChI=1S/C14H12Br2N4O2/c1-2-3-22-13-9(15)4-8(5-10(13)16)11-6-12(21)19-14-17-7-18-20(11)14/h2,4-5,7,11H,1,3,6H2,(H,17,18,19,21)/t11-/m0/s1. The summed E-state index contributed by atoms with van der Waals surface area (Å²) in [7, 11) is 0. The highest BCUT2D eigenvalue weighted by Gasteiger charge is 2.28. The fourth-order valence-corrected chi connectivity index (χ4v) is 3.77. The molecule has 2 aromatic rings. The Bertz CT molecular complexity index is 721. The summed E-state index contributed by atoms with van der Waals surface area (Å²) in [6.45, 7) is 4.05. The van der Waals surface area contributed by atoms with Crippen molar-refractivity contribution < 1.29 is 9.53 Å². The number of carbonyl (C=O) groups excluding carboxylic acids is 1. The minimum Gasteiger partial charge on any atom is -0.487 e. The predicted molar refractivity (Wildman–Crippen MR) is 88.9 cm³/mol. The first-order valence-electron chi connectivity index (χ1n) is 6.52. The molecular weight excluding hydrogens is 416 g/mol. The average Bonchev–Trinajstić information content (AvgIpc) is 2.93. The number of benzene rings is 1. The molecule has 8 heteroatoms. The molecular formula is C14H12Br2N4O2. The lowest BCUT2D eigenvalue weighted by Gasteiger charge is -2.24. The number of nitrogens with zero attached hydrogens (tertiary/aromatic N) is 3. The first-order chi connectivity index (χ1) is 10.6. The van der Waals surface area contributed by atoms with E-state index in [-0.39, 0.29) is 11.9 Å². The molecule has 0 aliphatic carbocycles. The number of fused-ring (bicyclic) bond motifs is 1. The molecule has 22 heavy (non-hydrogen) atoms. The molecule has 0 unspecified atom stereocenters. The van der Waals surface area contributed by atoms with Crippen LogP contribution >= 0.6 is 31.9 Å². The topological polar surface area (TPSA) is 69.0 Å². The second-order valence-corrected chi connectivity index (χ2v) is 6.42. The minimum absolute atomic E-state index is 0.0790. The zero-order chi connectivity index (χ0) is 15.7. The van der Waals surface area contributed by atoms with Crippen LogP contribution in [0.2, 0.25) is 0 Å². The van der Waals surface area contributed by atoms with Crippen molar-refractivity contribution in [3.63, 3.8) is 0 Å². The first kappa shape index (κ1) is 15.2. The van der Waals surface area contributed by atoms with Gasteiger partial charge in [-0.25, -0.2) is 4.68 Å². The zero-order valence-corrected chi connectivity index (χ0v) is 14.6. The molecule has 0 spiro atoms. The average molecular weight is 428 g/mol. The molecule has 0 radical (unpaired) electrons. The summed E-state index contributed by atoms with van der Waals surface area (Å²) in [5, 5.41) is 6.90. The minimum atomic E-state index is -0.202. The van der Waals surface area contributed by atoms with Crippen LogP contribution in [0.4, 0.5) is 5.95 Å². The van der Waals surface area contributed by atoms with Gasteiger partial charge in [-0.05, 0) is 49.6 Å². The van der Waals surface area contributed by atoms with Crippen LogP contribution in [0.5, 0.6) is 5.75 Å². The van der Waals surface area contributed by atoms with Crippen molar-refractivity contribution in [3.05, 3.63) is 45.6 Å². The third kappa shape index (κ3) is 2.80. The van der Waals surface area contributed by atoms with E-state index >= 15 is 0 Å². The number of amides is 1. The molecule has 3 rings (SSSR count). The Balaban J connectivity index is 2.00. The largest absolute Gasteiger partial charge is 0.487 e. The van der Waals surface area contributed by atoms with Gasteiger partial charge in [0.2, 0.25) is 11.9 Å². The number of rotatable bonds is 4. The predicted octanol–water partition coefficient (Wildman–Crippen LogP) is 3.30. The van der Waals surface area contributed by atoms with Gasteiger partial charge in [0.25, 0.3) is 0 Å². The normalized spacial score (nSPS) is 16.8. The molecule has 1 N–H and O–H groups in total. The van der Waals surface area contributed by atoms with Gasteiger partial charge in [0.1, 0.15) is 18.7 Å². The van der Waals surface area contributed by atoms with Crippen molar-refractivity contribution in [2.75, 3.05) is 11.9 Å². The molecule has 1 aromatic heterocycles. The highest BCUT2D eigenvalue weighted by molar-refractivity contribution is 9.11. The van der Waals surface area contributed by atoms with Crippen LogP contribution in [-0.2, 0) is 4.79 Å². The molecule has 0 bridgehead atoms. The fourth-order valence-electron chi connectivity index (χ4n) is 2.32. The Hall–Kier alpha value is -1.67. The van der Waals surface area contributed by atoms with E-state index in [1.54, 1.807) is 10.8 Å². The van der Waals surface area contributed by atoms with Crippen molar-refractivity contribution in [1.29, 1.82) is 0 Å². The SMILES string of the molecule is C=CCOc1c(Br)cc([C@@H]2CC(=O)Nc3ncnn32)cc1Br. The van der Waals surface area contributed by atoms with E-state index in [2.05, 4.69) is 53.8 Å². The number of anilines is 1. The quantitative estimate of drug-likeness (QED) is 0.760. The molecule has 6 nitrogen and oxygen atoms in total. The van der Waals surface area contributed by atoms with Crippen LogP contribution < -0.4 is 10.1 Å². The summed E-state index contributed by atoms with van der Waals surface area (Å²) in [5.41, 5.74) is 0.936. The summed E-state index contributed by atoms with van der Waals surface area (Å²) >= 11 is 7.01. The third-order valence-electron chi connectivity index (χ3n) is 3.25. The molecule has 1 atom stereocenters. The van der Waals surface area contributed by atoms with Crippen LogP contribution in [0.25, 0.3) is 0 Å². The number of carbonyl (C=O) groups is 1. The molecule has 1 aliphatic heterocycles. The Morgan fingerprint density at radius 1 is 1.45 bits per heavy atom. The Morgan fingerprint density at radius 2 is 2.18 bits per heavy atom. The van der Waals surface area contributed by atoms with Crippen LogP contribution in [0.1, 0.15) is 18.0 Å². The molecule has 0 saturated heterocycles. The lowest BCUT2D eigenvalue weighted by molar-refractivity contribution is -0.117. The highest BCUT2D eigenvalue weighted by Crippen LogP contribution is 2.39. The highest BCUT2D eigenvalue weighted by atomic mass is 79.9. The first-order valence-corrected chi connectivity index (χ1v) is 8.10. The summed E-state index contributed by atoms with van der Waals surface area (Å²) in [5.74, 6) is 1.08. The molecule has 1 amide bonds. The van der Waals surface area contributed by atoms with Crippen LogP contribution in [-0.4, -0.2) is 27.3 Å². The van der Waals surface area contributed by atoms with Gasteiger partial charge in [0.05, 0.1) is 21.4 Å². The van der Waals surface area contributed by atoms with Crippen molar-refractivity contribution in [3.8, 4) is 5.75 Å². The second-order valence-electron chi connectivity index (χ2n) is 4.71. The van der Waals surface area contributed by atoms with Crippen molar-refractivity contribution >= 4 is 43.7 Å². The Kier molecular flexibility index (Phi) is 4.30. The maximum Gasteiger partial charge on any atom is 0.229 e. The molecule has 0 saturated carbocycles. The molecule has 1 aliphatic rings. The van der Waals surface area contributed by atoms with Gasteiger partial charge in [-0.3, -0.25) is 10.1 Å². The smallest absolute Gasteiger partial charge is 0.229 e. The maximum absolute atomic E-state index is 11.8. The van der Waals surface area contributed by atoms with E-state index < -0.39 is 0 Å². The van der Waals surface area contributed by atoms with Gasteiger partial charge in [-0.2, -0.15) is 10.1 Å². The van der Waals surface area contributed by atoms with Gasteiger partial charge >= 0.3 is 0 Å². The third-order valence-corrected chi connectivity index (χ3v) is 4.43. The summed E-state index contributed by atoms with van der Waals surface area (Å²) < 4.78 is 8.91. The number of aromatic nitrogens is 3. The van der Waals surface area contributed by atoms with Crippen LogP contribution in [0.3, 0.4) is 0 Å². The number of hydrogen-bond acceptors (Lipinski definition) is 4. The van der Waals surface area contributed by atoms with E-state index in [9.17, 15) is 4.79 Å². The van der Waals surface area contributed by atoms with Crippen LogP contribution in [0.15, 0.2) is 40.1 Å². The molecule has 1 aromatic carbocycles. The lowest BCUT2D eigenvalue weighted by Crippen LogP contribution is -2.29. The van der Waals surface area contributed by atoms with Crippen molar-refractivity contribution in [2.45, 2.75) is 12.5 Å². The van der Waals surface area contributed by atoms with E-state index in [1.807, 2.05) is 12.1 Å². The summed E-state index contributed by atoms with van der Waals surface area (Å²) in [6, 6.07) is 3.66. The van der Waals surface area contributed by atoms with Gasteiger partial charge in [0, 0.05) is 0 Å². The number of ether oxygens (including phenoxy) is 1. The van der Waals surface area contributed by atoms with Crippen LogP contribution in [0, 0.1) is 0 Å². The summed E-state index contributed by atoms with van der Waals surface area (Å²) in [6.07, 6.45) is 3.42. The molecule has 0 fully saturated rings. The van der Waals surface area contributed by atoms with E-state index in [4.69, 9.17) is 4.74 Å². The van der Waals surface area contributed by atoms with Gasteiger partial charge in [0.15, 0.2) is 0 Å². The van der Waals surface area contributed by atoms with E-state index in [0.29, 0.717) is 24.7 Å². The van der Waals surface area contributed by atoms with Gasteiger partial charge in [-0.15, -0.1) is 0 Å². The Morgan fingerprint density at radius 3 is 2.86 bits per heavy atom. The zero-order valence-electron chi connectivity index (χ0n) is 11.4. The number of halogens is 2. The fraction of sp³-hybridized carbons (Fsp3) is 0.214. The maximum atomic E-state index is 11.8. The van der Waals surface area contributed by atoms with E-state index in [1.165, 1.54) is 6.33 Å². The van der Waals surface area contributed by atoms with Gasteiger partial charge < -0.3 is 4.74 Å². The molecule has 2 heterocycles.